The highest BCUT2D eigenvalue weighted by atomic mass is 19.1. The van der Waals surface area contributed by atoms with Crippen LogP contribution in [0.25, 0.3) is 0 Å². The van der Waals surface area contributed by atoms with Gasteiger partial charge in [0.2, 0.25) is 0 Å². The normalized spacial score (nSPS) is 16.6. The fourth-order valence-electron chi connectivity index (χ4n) is 1.90. The maximum absolute atomic E-state index is 13.0. The molecule has 2 rings (SSSR count). The van der Waals surface area contributed by atoms with Crippen LogP contribution in [-0.2, 0) is 0 Å². The molecule has 2 N–H and O–H groups in total. The number of phenolic OH excluding ortho intramolecular Hbond substituents is 1. The topological polar surface area (TPSA) is 49.3 Å². The predicted octanol–water partition coefficient (Wildman–Crippen LogP) is 2.45. The Morgan fingerprint density at radius 3 is 2.94 bits per heavy atom. The lowest BCUT2D eigenvalue weighted by atomic mass is 10.1. The van der Waals surface area contributed by atoms with Crippen molar-refractivity contribution >= 4 is 5.91 Å². The maximum Gasteiger partial charge on any atom is 0.255 e. The third-order valence-corrected chi connectivity index (χ3v) is 2.96. The first-order chi connectivity index (χ1) is 8.06. The van der Waals surface area contributed by atoms with Gasteiger partial charge >= 0.3 is 0 Å². The summed E-state index contributed by atoms with van der Waals surface area (Å²) in [6.07, 6.45) is 3.40. The molecule has 4 heteroatoms. The van der Waals surface area contributed by atoms with Crippen LogP contribution in [0.3, 0.4) is 0 Å². The van der Waals surface area contributed by atoms with Gasteiger partial charge < -0.3 is 10.4 Å². The minimum absolute atomic E-state index is 0.00681. The molecule has 1 atom stereocenters. The summed E-state index contributed by atoms with van der Waals surface area (Å²) in [6, 6.07) is 3.42. The third kappa shape index (κ3) is 3.19. The Morgan fingerprint density at radius 2 is 2.29 bits per heavy atom. The summed E-state index contributed by atoms with van der Waals surface area (Å²) in [4.78, 5) is 11.8. The fraction of sp³-hybridized carbons (Fsp3) is 0.462. The number of nitrogens with one attached hydrogen (secondary N) is 1. The molecule has 0 aliphatic heterocycles. The number of rotatable bonds is 4. The maximum atomic E-state index is 13.0. The van der Waals surface area contributed by atoms with Crippen molar-refractivity contribution in [1.82, 2.24) is 5.32 Å². The third-order valence-electron chi connectivity index (χ3n) is 2.96. The van der Waals surface area contributed by atoms with Crippen molar-refractivity contribution in [1.29, 1.82) is 0 Å². The van der Waals surface area contributed by atoms with Gasteiger partial charge in [-0.25, -0.2) is 4.39 Å². The van der Waals surface area contributed by atoms with E-state index in [1.165, 1.54) is 18.9 Å². The number of hydrogen-bond acceptors (Lipinski definition) is 2. The lowest BCUT2D eigenvalue weighted by Crippen LogP contribution is -2.32. The molecule has 1 aromatic carbocycles. The van der Waals surface area contributed by atoms with Crippen molar-refractivity contribution in [3.63, 3.8) is 0 Å². The van der Waals surface area contributed by atoms with Crippen LogP contribution in [0.4, 0.5) is 4.39 Å². The van der Waals surface area contributed by atoms with Crippen molar-refractivity contribution in [2.24, 2.45) is 5.92 Å². The summed E-state index contributed by atoms with van der Waals surface area (Å²) in [5.41, 5.74) is -0.00681. The summed E-state index contributed by atoms with van der Waals surface area (Å²) in [7, 11) is 0. The van der Waals surface area contributed by atoms with Crippen LogP contribution in [-0.4, -0.2) is 17.1 Å². The molecule has 92 valence electrons. The molecule has 0 radical (unpaired) electrons. The van der Waals surface area contributed by atoms with E-state index in [-0.39, 0.29) is 17.4 Å². The zero-order valence-corrected chi connectivity index (χ0v) is 9.74. The van der Waals surface area contributed by atoms with E-state index in [2.05, 4.69) is 5.32 Å². The highest BCUT2D eigenvalue weighted by Gasteiger charge is 2.24. The van der Waals surface area contributed by atoms with E-state index in [1.54, 1.807) is 0 Å². The van der Waals surface area contributed by atoms with Crippen molar-refractivity contribution < 1.29 is 14.3 Å². The molecule has 0 spiro atoms. The van der Waals surface area contributed by atoms with Gasteiger partial charge in [0.25, 0.3) is 5.91 Å². The molecule has 0 heterocycles. The molecule has 1 amide bonds. The number of halogens is 1. The minimum Gasteiger partial charge on any atom is -0.507 e. The molecule has 1 aliphatic carbocycles. The second-order valence-electron chi connectivity index (χ2n) is 4.72. The van der Waals surface area contributed by atoms with Crippen LogP contribution in [0.5, 0.6) is 5.75 Å². The smallest absolute Gasteiger partial charge is 0.255 e. The first-order valence-corrected chi connectivity index (χ1v) is 5.85. The molecule has 1 fully saturated rings. The van der Waals surface area contributed by atoms with Crippen molar-refractivity contribution in [3.8, 4) is 5.75 Å². The molecule has 0 saturated heterocycles. The van der Waals surface area contributed by atoms with Crippen LogP contribution in [0.15, 0.2) is 18.2 Å². The van der Waals surface area contributed by atoms with Gasteiger partial charge in [-0.2, -0.15) is 0 Å². The van der Waals surface area contributed by atoms with Gasteiger partial charge in [-0.1, -0.05) is 12.8 Å². The summed E-state index contributed by atoms with van der Waals surface area (Å²) in [5.74, 6) is -0.424. The molecule has 1 saturated carbocycles. The molecule has 1 aliphatic rings. The molecular weight excluding hydrogens is 221 g/mol. The van der Waals surface area contributed by atoms with Gasteiger partial charge in [0.1, 0.15) is 11.6 Å². The van der Waals surface area contributed by atoms with E-state index in [4.69, 9.17) is 0 Å². The Labute approximate surface area is 99.7 Å². The molecule has 0 bridgehead atoms. The number of aromatic hydroxyl groups is 1. The standard InChI is InChI=1S/C13H16FNO2/c1-8(6-9-2-3-9)15-13(17)11-7-10(14)4-5-12(11)16/h4-5,7-9,16H,2-3,6H2,1H3,(H,15,17). The van der Waals surface area contributed by atoms with Gasteiger partial charge in [0.05, 0.1) is 5.56 Å². The lowest BCUT2D eigenvalue weighted by Gasteiger charge is -2.13. The Bertz CT molecular complexity index is 429. The zero-order chi connectivity index (χ0) is 12.4. The number of hydrogen-bond donors (Lipinski definition) is 2. The molecule has 1 aromatic rings. The van der Waals surface area contributed by atoms with Gasteiger partial charge in [0.15, 0.2) is 0 Å². The van der Waals surface area contributed by atoms with Gasteiger partial charge in [0, 0.05) is 6.04 Å². The Morgan fingerprint density at radius 1 is 1.59 bits per heavy atom. The molecule has 3 nitrogen and oxygen atoms in total. The first-order valence-electron chi connectivity index (χ1n) is 5.85. The first kappa shape index (κ1) is 11.9. The average Bonchev–Trinajstić information content (AvgIpc) is 3.05. The highest BCUT2D eigenvalue weighted by molar-refractivity contribution is 5.96. The monoisotopic (exact) mass is 237 g/mol. The van der Waals surface area contributed by atoms with E-state index in [0.29, 0.717) is 5.92 Å². The van der Waals surface area contributed by atoms with Crippen LogP contribution in [0, 0.1) is 11.7 Å². The molecule has 17 heavy (non-hydrogen) atoms. The molecular formula is C13H16FNO2. The second kappa shape index (κ2) is 4.73. The number of phenols is 1. The van der Waals surface area contributed by atoms with Crippen LogP contribution in [0.2, 0.25) is 0 Å². The highest BCUT2D eigenvalue weighted by Crippen LogP contribution is 2.33. The SMILES string of the molecule is CC(CC1CC1)NC(=O)c1cc(F)ccc1O. The van der Waals surface area contributed by atoms with Crippen LogP contribution < -0.4 is 5.32 Å². The number of carbonyl (C=O) groups excluding carboxylic acids is 1. The van der Waals surface area contributed by atoms with Gasteiger partial charge in [-0.05, 0) is 37.5 Å². The summed E-state index contributed by atoms with van der Waals surface area (Å²) in [6.45, 7) is 1.92. The van der Waals surface area contributed by atoms with E-state index in [9.17, 15) is 14.3 Å². The van der Waals surface area contributed by atoms with Crippen LogP contribution in [0.1, 0.15) is 36.5 Å². The second-order valence-corrected chi connectivity index (χ2v) is 4.72. The Hall–Kier alpha value is -1.58. The zero-order valence-electron chi connectivity index (χ0n) is 9.74. The summed E-state index contributed by atoms with van der Waals surface area (Å²) < 4.78 is 13.0. The fourth-order valence-corrected chi connectivity index (χ4v) is 1.90. The number of carbonyl (C=O) groups is 1. The Kier molecular flexibility index (Phi) is 3.31. The van der Waals surface area contributed by atoms with E-state index < -0.39 is 11.7 Å². The van der Waals surface area contributed by atoms with Gasteiger partial charge in [-0.3, -0.25) is 4.79 Å². The summed E-state index contributed by atoms with van der Waals surface area (Å²) >= 11 is 0. The largest absolute Gasteiger partial charge is 0.507 e. The molecule has 1 unspecified atom stereocenters. The summed E-state index contributed by atoms with van der Waals surface area (Å²) in [5, 5.41) is 12.3. The van der Waals surface area contributed by atoms with Gasteiger partial charge in [-0.15, -0.1) is 0 Å². The van der Waals surface area contributed by atoms with Crippen molar-refractivity contribution in [2.45, 2.75) is 32.2 Å². The van der Waals surface area contributed by atoms with E-state index >= 15 is 0 Å². The average molecular weight is 237 g/mol. The quantitative estimate of drug-likeness (QED) is 0.845. The predicted molar refractivity (Wildman–Crippen MR) is 62.3 cm³/mol. The van der Waals surface area contributed by atoms with E-state index in [0.717, 1.165) is 18.6 Å². The number of amides is 1. The number of benzene rings is 1. The minimum atomic E-state index is -0.525. The van der Waals surface area contributed by atoms with E-state index in [1.807, 2.05) is 6.92 Å². The lowest BCUT2D eigenvalue weighted by molar-refractivity contribution is 0.0934. The molecule has 0 aromatic heterocycles. The van der Waals surface area contributed by atoms with Crippen LogP contribution >= 0.6 is 0 Å². The van der Waals surface area contributed by atoms with Crippen molar-refractivity contribution in [3.05, 3.63) is 29.6 Å². The van der Waals surface area contributed by atoms with Crippen molar-refractivity contribution in [2.75, 3.05) is 0 Å². The Balaban J connectivity index is 2.00.